The van der Waals surface area contributed by atoms with Crippen molar-refractivity contribution in [3.05, 3.63) is 0 Å². The summed E-state index contributed by atoms with van der Waals surface area (Å²) in [5.74, 6) is 1.82. The molecule has 0 aliphatic heterocycles. The first kappa shape index (κ1) is 17.8. The van der Waals surface area contributed by atoms with Gasteiger partial charge < -0.3 is 0 Å². The second-order valence-corrected chi connectivity index (χ2v) is 8.67. The van der Waals surface area contributed by atoms with E-state index in [0.717, 1.165) is 11.8 Å². The van der Waals surface area contributed by atoms with Gasteiger partial charge in [-0.2, -0.15) is 0 Å². The Morgan fingerprint density at radius 3 is 1.35 bits per heavy atom. The highest BCUT2D eigenvalue weighted by Crippen LogP contribution is 2.12. The van der Waals surface area contributed by atoms with Gasteiger partial charge in [0.25, 0.3) is 0 Å². The van der Waals surface area contributed by atoms with Gasteiger partial charge in [-0.25, -0.2) is 0 Å². The van der Waals surface area contributed by atoms with Gasteiger partial charge in [0.05, 0.1) is 0 Å². The predicted octanol–water partition coefficient (Wildman–Crippen LogP) is 5.96. The van der Waals surface area contributed by atoms with E-state index in [1.54, 1.807) is 9.10 Å². The summed E-state index contributed by atoms with van der Waals surface area (Å²) in [6.45, 7) is 9.36. The molecular formula is C16H34Mg. The Morgan fingerprint density at radius 2 is 1.00 bits per heavy atom. The smallest absolute Gasteiger partial charge is 0.146 e. The summed E-state index contributed by atoms with van der Waals surface area (Å²) in [5.41, 5.74) is 0. The molecule has 0 saturated carbocycles. The molecule has 100 valence electrons. The van der Waals surface area contributed by atoms with Gasteiger partial charge in [-0.15, -0.1) is 9.10 Å². The number of rotatable bonds is 12. The summed E-state index contributed by atoms with van der Waals surface area (Å²) >= 11 is 0.317. The van der Waals surface area contributed by atoms with Crippen molar-refractivity contribution >= 4 is 20.4 Å². The molecule has 1 heteroatoms. The van der Waals surface area contributed by atoms with Crippen LogP contribution in [0, 0.1) is 11.8 Å². The van der Waals surface area contributed by atoms with Crippen LogP contribution in [0.4, 0.5) is 0 Å². The van der Waals surface area contributed by atoms with E-state index in [9.17, 15) is 0 Å². The Hall–Kier alpha value is 0.766. The van der Waals surface area contributed by atoms with E-state index in [1.807, 2.05) is 0 Å². The Balaban J connectivity index is 2.94. The van der Waals surface area contributed by atoms with E-state index < -0.39 is 0 Å². The fraction of sp³-hybridized carbons (Fsp3) is 1.00. The third-order valence-corrected chi connectivity index (χ3v) is 5.56. The molecule has 0 bridgehead atoms. The van der Waals surface area contributed by atoms with Gasteiger partial charge in [0.15, 0.2) is 0 Å². The van der Waals surface area contributed by atoms with Crippen molar-refractivity contribution < 1.29 is 0 Å². The first-order valence-electron chi connectivity index (χ1n) is 8.13. The van der Waals surface area contributed by atoms with Crippen molar-refractivity contribution in [2.45, 2.75) is 88.2 Å². The van der Waals surface area contributed by atoms with Gasteiger partial charge in [0, 0.05) is 0 Å². The summed E-state index contributed by atoms with van der Waals surface area (Å²) < 4.78 is 3.23. The van der Waals surface area contributed by atoms with Crippen LogP contribution in [0.3, 0.4) is 0 Å². The fourth-order valence-corrected chi connectivity index (χ4v) is 4.11. The summed E-state index contributed by atoms with van der Waals surface area (Å²) in [6, 6.07) is 0. The third kappa shape index (κ3) is 16.8. The van der Waals surface area contributed by atoms with Crippen LogP contribution in [0.1, 0.15) is 79.1 Å². The van der Waals surface area contributed by atoms with Gasteiger partial charge in [-0.1, -0.05) is 79.1 Å². The highest BCUT2D eigenvalue weighted by atomic mass is 24.5. The minimum atomic E-state index is 0.317. The van der Waals surface area contributed by atoms with E-state index in [0.29, 0.717) is 20.4 Å². The zero-order valence-corrected chi connectivity index (χ0v) is 14.3. The minimum absolute atomic E-state index is 0.317. The van der Waals surface area contributed by atoms with Gasteiger partial charge in [-0.3, -0.25) is 0 Å². The summed E-state index contributed by atoms with van der Waals surface area (Å²) in [6.07, 6.45) is 11.9. The molecule has 0 nitrogen and oxygen atoms in total. The molecule has 0 amide bonds. The molecule has 0 radical (unpaired) electrons. The topological polar surface area (TPSA) is 0 Å². The summed E-state index contributed by atoms with van der Waals surface area (Å²) in [7, 11) is 0. The summed E-state index contributed by atoms with van der Waals surface area (Å²) in [4.78, 5) is 0. The average Bonchev–Trinajstić information content (AvgIpc) is 2.25. The van der Waals surface area contributed by atoms with E-state index in [2.05, 4.69) is 27.7 Å². The van der Waals surface area contributed by atoms with Gasteiger partial charge in [0.2, 0.25) is 0 Å². The van der Waals surface area contributed by atoms with Crippen molar-refractivity contribution in [1.29, 1.82) is 0 Å². The number of unbranched alkanes of at least 4 members (excludes halogenated alkanes) is 4. The molecule has 0 aromatic rings. The van der Waals surface area contributed by atoms with Gasteiger partial charge >= 0.3 is 20.4 Å². The first-order valence-corrected chi connectivity index (χ1v) is 10.1. The maximum atomic E-state index is 2.34. The molecule has 0 heterocycles. The number of hydrogen-bond donors (Lipinski definition) is 0. The predicted molar refractivity (Wildman–Crippen MR) is 82.0 cm³/mol. The van der Waals surface area contributed by atoms with E-state index in [1.165, 1.54) is 51.4 Å². The highest BCUT2D eigenvalue weighted by Gasteiger charge is 1.98. The SMILES string of the molecule is CC(C)CCCC[CH2][Mg][CH2]CCCCC(C)C. The lowest BCUT2D eigenvalue weighted by Gasteiger charge is -2.04. The normalized spacial score (nSPS) is 11.2. The van der Waals surface area contributed by atoms with Crippen molar-refractivity contribution in [3.8, 4) is 0 Å². The maximum Gasteiger partial charge on any atom is 0.364 e. The molecule has 0 saturated heterocycles. The van der Waals surface area contributed by atoms with E-state index in [4.69, 9.17) is 0 Å². The van der Waals surface area contributed by atoms with Crippen LogP contribution in [0.15, 0.2) is 0 Å². The number of hydrogen-bond acceptors (Lipinski definition) is 0. The summed E-state index contributed by atoms with van der Waals surface area (Å²) in [5, 5.41) is 0. The zero-order chi connectivity index (χ0) is 12.9. The standard InChI is InChI=1S/2C8H17.Mg/c2*1-4-5-6-7-8(2)3;/h2*8H,1,4-7H2,2-3H3;. The van der Waals surface area contributed by atoms with E-state index >= 15 is 0 Å². The van der Waals surface area contributed by atoms with Crippen molar-refractivity contribution in [2.24, 2.45) is 11.8 Å². The maximum absolute atomic E-state index is 2.34. The average molecular weight is 251 g/mol. The lowest BCUT2D eigenvalue weighted by molar-refractivity contribution is 0.532. The van der Waals surface area contributed by atoms with Crippen LogP contribution in [-0.2, 0) is 0 Å². The van der Waals surface area contributed by atoms with Crippen LogP contribution >= 0.6 is 0 Å². The molecule has 0 aliphatic rings. The van der Waals surface area contributed by atoms with Crippen LogP contribution in [-0.4, -0.2) is 20.4 Å². The molecule has 0 rings (SSSR count). The van der Waals surface area contributed by atoms with Crippen LogP contribution < -0.4 is 0 Å². The second-order valence-electron chi connectivity index (χ2n) is 6.55. The van der Waals surface area contributed by atoms with Crippen molar-refractivity contribution in [2.75, 3.05) is 0 Å². The molecule has 0 aliphatic carbocycles. The molecule has 0 aromatic carbocycles. The minimum Gasteiger partial charge on any atom is -0.146 e. The lowest BCUT2D eigenvalue weighted by Crippen LogP contribution is -1.92. The van der Waals surface area contributed by atoms with Gasteiger partial charge in [-0.05, 0) is 11.8 Å². The van der Waals surface area contributed by atoms with Crippen LogP contribution in [0.2, 0.25) is 9.10 Å². The second kappa shape index (κ2) is 13.2. The van der Waals surface area contributed by atoms with Gasteiger partial charge in [0.1, 0.15) is 0 Å². The fourth-order valence-electron chi connectivity index (χ4n) is 2.34. The molecule has 0 atom stereocenters. The van der Waals surface area contributed by atoms with E-state index in [-0.39, 0.29) is 0 Å². The molecule has 0 fully saturated rings. The Morgan fingerprint density at radius 1 is 0.588 bits per heavy atom. The van der Waals surface area contributed by atoms with Crippen molar-refractivity contribution in [3.63, 3.8) is 0 Å². The molecule has 0 unspecified atom stereocenters. The molecule has 17 heavy (non-hydrogen) atoms. The van der Waals surface area contributed by atoms with Crippen LogP contribution in [0.5, 0.6) is 0 Å². The molecule has 0 spiro atoms. The Bertz CT molecular complexity index is 124. The third-order valence-electron chi connectivity index (χ3n) is 3.56. The van der Waals surface area contributed by atoms with Crippen LogP contribution in [0.25, 0.3) is 0 Å². The molecule has 0 aromatic heterocycles. The Labute approximate surface area is 120 Å². The van der Waals surface area contributed by atoms with Crippen molar-refractivity contribution in [1.82, 2.24) is 0 Å². The largest absolute Gasteiger partial charge is 0.364 e. The zero-order valence-electron chi connectivity index (χ0n) is 12.9. The highest BCUT2D eigenvalue weighted by molar-refractivity contribution is 6.35. The monoisotopic (exact) mass is 250 g/mol. The lowest BCUT2D eigenvalue weighted by atomic mass is 10.1. The quantitative estimate of drug-likeness (QED) is 0.296. The molecule has 0 N–H and O–H groups in total. The Kier molecular flexibility index (Phi) is 13.8. The molecular weight excluding hydrogens is 216 g/mol. The first-order chi connectivity index (χ1) is 8.13.